The van der Waals surface area contributed by atoms with Crippen LogP contribution in [0.1, 0.15) is 5.82 Å². The van der Waals surface area contributed by atoms with Crippen LogP contribution in [0.4, 0.5) is 5.82 Å². The van der Waals surface area contributed by atoms with Gasteiger partial charge < -0.3 is 15.2 Å². The average Bonchev–Trinajstić information content (AvgIpc) is 2.34. The standard InChI is InChI=1S/C6H9N3O3.Al.Mg.5H/c1-5-7-4-6(9(11)12)8(5)2-3-10;;;;;;;/h4,10H,2-3H2,1H3;;;;;;;. The van der Waals surface area contributed by atoms with Gasteiger partial charge in [-0.3, -0.25) is 0 Å². The van der Waals surface area contributed by atoms with Crippen LogP contribution in [0.2, 0.25) is 0 Å². The van der Waals surface area contributed by atoms with Gasteiger partial charge in [-0.15, -0.1) is 0 Å². The van der Waals surface area contributed by atoms with Gasteiger partial charge in [0.15, 0.2) is 23.2 Å². The molecule has 0 bridgehead atoms. The molecule has 14 heavy (non-hydrogen) atoms. The van der Waals surface area contributed by atoms with Crippen molar-refractivity contribution in [3.63, 3.8) is 0 Å². The quantitative estimate of drug-likeness (QED) is 0.368. The van der Waals surface area contributed by atoms with Crippen molar-refractivity contribution in [3.05, 3.63) is 22.1 Å². The van der Waals surface area contributed by atoms with Gasteiger partial charge in [0.25, 0.3) is 0 Å². The van der Waals surface area contributed by atoms with Crippen LogP contribution in [0.15, 0.2) is 6.20 Å². The topological polar surface area (TPSA) is 81.2 Å². The molecule has 1 heterocycles. The van der Waals surface area contributed by atoms with Gasteiger partial charge in [-0.1, -0.05) is 0 Å². The summed E-state index contributed by atoms with van der Waals surface area (Å²) in [5.41, 5.74) is 0. The van der Waals surface area contributed by atoms with Crippen LogP contribution in [0.25, 0.3) is 0 Å². The molecule has 1 rings (SSSR count). The summed E-state index contributed by atoms with van der Waals surface area (Å²) in [4.78, 5) is 13.6. The highest BCUT2D eigenvalue weighted by Crippen LogP contribution is 2.12. The molecule has 0 atom stereocenters. The monoisotopic (exact) mass is 227 g/mol. The number of hydrogen-bond donors (Lipinski definition) is 1. The van der Waals surface area contributed by atoms with E-state index >= 15 is 0 Å². The number of hydrogen-bond acceptors (Lipinski definition) is 4. The Kier molecular flexibility index (Phi) is 8.38. The van der Waals surface area contributed by atoms with E-state index in [1.54, 1.807) is 6.92 Å². The van der Waals surface area contributed by atoms with Crippen LogP contribution < -0.4 is 0 Å². The van der Waals surface area contributed by atoms with E-state index in [1.165, 1.54) is 10.8 Å². The summed E-state index contributed by atoms with van der Waals surface area (Å²) in [6, 6.07) is 0. The number of nitrogens with zero attached hydrogens (tertiary/aromatic N) is 3. The summed E-state index contributed by atoms with van der Waals surface area (Å²) in [5.74, 6) is 0.456. The van der Waals surface area contributed by atoms with Crippen LogP contribution in [-0.4, -0.2) is 66.6 Å². The second-order valence-corrected chi connectivity index (χ2v) is 2.30. The molecule has 0 radical (unpaired) electrons. The van der Waals surface area contributed by atoms with Crippen molar-refractivity contribution in [2.45, 2.75) is 13.5 Å². The maximum Gasteiger partial charge on any atom is 0.342 e. The predicted octanol–water partition coefficient (Wildman–Crippen LogP) is -2.01. The lowest BCUT2D eigenvalue weighted by atomic mass is 10.6. The second kappa shape index (κ2) is 7.20. The van der Waals surface area contributed by atoms with Gasteiger partial charge in [-0.25, -0.2) is 9.55 Å². The molecule has 1 aromatic heterocycles. The summed E-state index contributed by atoms with van der Waals surface area (Å²) >= 11 is 0. The van der Waals surface area contributed by atoms with Crippen LogP contribution in [-0.2, 0) is 6.54 Å². The van der Waals surface area contributed by atoms with Gasteiger partial charge >= 0.3 is 28.9 Å². The highest BCUT2D eigenvalue weighted by molar-refractivity contribution is 5.76. The molecule has 1 N–H and O–H groups in total. The van der Waals surface area contributed by atoms with Crippen molar-refractivity contribution < 1.29 is 10.0 Å². The molecule has 76 valence electrons. The van der Waals surface area contributed by atoms with E-state index in [1.807, 2.05) is 0 Å². The van der Waals surface area contributed by atoms with Gasteiger partial charge in [0.2, 0.25) is 0 Å². The first kappa shape index (κ1) is 16.3. The smallest absolute Gasteiger partial charge is 0.342 e. The molecule has 8 heteroatoms. The van der Waals surface area contributed by atoms with Crippen molar-refractivity contribution in [2.75, 3.05) is 6.61 Å². The van der Waals surface area contributed by atoms with Crippen molar-refractivity contribution in [3.8, 4) is 0 Å². The van der Waals surface area contributed by atoms with Gasteiger partial charge in [0.1, 0.15) is 12.7 Å². The summed E-state index contributed by atoms with van der Waals surface area (Å²) in [6.07, 6.45) is 1.19. The van der Waals surface area contributed by atoms with E-state index in [-0.39, 0.29) is 59.4 Å². The normalized spacial score (nSPS) is 8.71. The third-order valence-electron chi connectivity index (χ3n) is 1.54. The Balaban J connectivity index is 0. The molecule has 0 amide bonds. The van der Waals surface area contributed by atoms with E-state index in [4.69, 9.17) is 5.11 Å². The van der Waals surface area contributed by atoms with E-state index in [2.05, 4.69) is 4.98 Å². The first-order valence-corrected chi connectivity index (χ1v) is 3.44. The largest absolute Gasteiger partial charge is 0.392 e. The van der Waals surface area contributed by atoms with Crippen molar-refractivity contribution in [1.29, 1.82) is 0 Å². The molecule has 0 aliphatic rings. The molecule has 1 aromatic rings. The molecule has 6 nitrogen and oxygen atoms in total. The minimum Gasteiger partial charge on any atom is -0.392 e. The fourth-order valence-electron chi connectivity index (χ4n) is 0.978. The number of aromatic nitrogens is 2. The average molecular weight is 227 g/mol. The summed E-state index contributed by atoms with van der Waals surface area (Å²) in [5, 5.41) is 19.0. The number of aliphatic hydroxyl groups excluding tert-OH is 1. The molecule has 0 saturated carbocycles. The van der Waals surface area contributed by atoms with Crippen molar-refractivity contribution in [1.82, 2.24) is 9.55 Å². The van der Waals surface area contributed by atoms with Crippen LogP contribution in [0.5, 0.6) is 0 Å². The maximum atomic E-state index is 10.4. The lowest BCUT2D eigenvalue weighted by Gasteiger charge is -1.98. The van der Waals surface area contributed by atoms with Gasteiger partial charge in [0, 0.05) is 6.92 Å². The Labute approximate surface area is 108 Å². The van der Waals surface area contributed by atoms with E-state index < -0.39 is 4.92 Å². The van der Waals surface area contributed by atoms with Crippen LogP contribution in [0, 0.1) is 17.0 Å². The van der Waals surface area contributed by atoms with E-state index in [9.17, 15) is 10.1 Å². The predicted molar refractivity (Wildman–Crippen MR) is 59.2 cm³/mol. The Morgan fingerprint density at radius 2 is 2.29 bits per heavy atom. The summed E-state index contributed by atoms with van der Waals surface area (Å²) in [6.45, 7) is 1.74. The molecule has 0 aliphatic heterocycles. The Morgan fingerprint density at radius 3 is 2.71 bits per heavy atom. The SMILES string of the molecule is Cc1ncc([N+](=O)[O-])n1CCO.[AlH3].[MgH2]. The lowest BCUT2D eigenvalue weighted by Crippen LogP contribution is -2.07. The molecular weight excluding hydrogens is 213 g/mol. The highest BCUT2D eigenvalue weighted by atomic mass is 27.0. The third-order valence-corrected chi connectivity index (χ3v) is 1.54. The summed E-state index contributed by atoms with van der Waals surface area (Å²) in [7, 11) is 0. The molecule has 0 unspecified atom stereocenters. The van der Waals surface area contributed by atoms with Crippen molar-refractivity contribution >= 4 is 46.2 Å². The third kappa shape index (κ3) is 3.55. The maximum absolute atomic E-state index is 10.4. The molecule has 0 aromatic carbocycles. The Hall–Kier alpha value is -0.131. The molecule has 0 aliphatic carbocycles. The first-order chi connectivity index (χ1) is 5.66. The Morgan fingerprint density at radius 1 is 1.71 bits per heavy atom. The second-order valence-electron chi connectivity index (χ2n) is 2.30. The van der Waals surface area contributed by atoms with Gasteiger partial charge in [0.05, 0.1) is 6.61 Å². The zero-order valence-corrected chi connectivity index (χ0v) is 6.60. The highest BCUT2D eigenvalue weighted by Gasteiger charge is 2.15. The zero-order chi connectivity index (χ0) is 9.14. The van der Waals surface area contributed by atoms with Crippen molar-refractivity contribution in [2.24, 2.45) is 0 Å². The number of nitro groups is 1. The number of aryl methyl sites for hydroxylation is 1. The van der Waals surface area contributed by atoms with Crippen LogP contribution >= 0.6 is 0 Å². The minimum atomic E-state index is -0.518. The fraction of sp³-hybridized carbons (Fsp3) is 0.500. The van der Waals surface area contributed by atoms with Crippen LogP contribution in [0.3, 0.4) is 0 Å². The number of aliphatic hydroxyl groups is 1. The zero-order valence-electron chi connectivity index (χ0n) is 6.60. The molecule has 0 saturated heterocycles. The van der Waals surface area contributed by atoms with E-state index in [0.717, 1.165) is 0 Å². The first-order valence-electron chi connectivity index (χ1n) is 3.44. The number of imidazole rings is 1. The number of rotatable bonds is 3. The molecule has 0 spiro atoms. The minimum absolute atomic E-state index is 0. The lowest BCUT2D eigenvalue weighted by molar-refractivity contribution is -0.392. The molecule has 0 fully saturated rings. The fourth-order valence-corrected chi connectivity index (χ4v) is 0.978. The molecular formula is C6H14AlMgN3O3. The van der Waals surface area contributed by atoms with E-state index in [0.29, 0.717) is 5.82 Å². The Bertz CT molecular complexity index is 305. The summed E-state index contributed by atoms with van der Waals surface area (Å²) < 4.78 is 1.36. The van der Waals surface area contributed by atoms with Gasteiger partial charge in [-0.05, 0) is 4.92 Å². The van der Waals surface area contributed by atoms with Gasteiger partial charge in [-0.2, -0.15) is 0 Å².